The van der Waals surface area contributed by atoms with Crippen LogP contribution >= 0.6 is 0 Å². The fourth-order valence-corrected chi connectivity index (χ4v) is 4.69. The van der Waals surface area contributed by atoms with Gasteiger partial charge in [0.2, 0.25) is 15.9 Å². The summed E-state index contributed by atoms with van der Waals surface area (Å²) in [6, 6.07) is 10.3. The fraction of sp³-hybridized carbons (Fsp3) is 0.435. The topological polar surface area (TPSA) is 94.2 Å². The second-order valence-corrected chi connectivity index (χ2v) is 10.4. The lowest BCUT2D eigenvalue weighted by Crippen LogP contribution is -2.45. The minimum atomic E-state index is -3.77. The van der Waals surface area contributed by atoms with Crippen LogP contribution in [0.2, 0.25) is 0 Å². The highest BCUT2D eigenvalue weighted by Crippen LogP contribution is 2.40. The molecule has 1 heterocycles. The number of nitrogens with one attached hydrogen (secondary N) is 1. The van der Waals surface area contributed by atoms with Crippen molar-refractivity contribution in [2.75, 3.05) is 31.3 Å². The Morgan fingerprint density at radius 1 is 1.19 bits per heavy atom. The number of anilines is 1. The van der Waals surface area contributed by atoms with Crippen molar-refractivity contribution in [3.63, 3.8) is 0 Å². The summed E-state index contributed by atoms with van der Waals surface area (Å²) in [6.45, 7) is 5.51. The second-order valence-electron chi connectivity index (χ2n) is 8.53. The molecule has 1 N–H and O–H groups in total. The Bertz CT molecular complexity index is 1110. The quantitative estimate of drug-likeness (QED) is 0.679. The molecule has 0 saturated heterocycles. The highest BCUT2D eigenvalue weighted by Gasteiger charge is 2.35. The van der Waals surface area contributed by atoms with Crippen molar-refractivity contribution in [1.29, 1.82) is 0 Å². The number of ether oxygens (including phenoxy) is 3. The zero-order valence-electron chi connectivity index (χ0n) is 19.3. The van der Waals surface area contributed by atoms with Gasteiger partial charge in [-0.3, -0.25) is 9.10 Å². The highest BCUT2D eigenvalue weighted by molar-refractivity contribution is 7.92. The van der Waals surface area contributed by atoms with Crippen molar-refractivity contribution >= 4 is 21.6 Å². The predicted octanol–water partition coefficient (Wildman–Crippen LogP) is 3.20. The van der Waals surface area contributed by atoms with E-state index in [1.165, 1.54) is 14.2 Å². The lowest BCUT2D eigenvalue weighted by molar-refractivity contribution is -0.120. The van der Waals surface area contributed by atoms with Crippen LogP contribution in [0.1, 0.15) is 37.4 Å². The lowest BCUT2D eigenvalue weighted by Gasteiger charge is -2.38. The molecule has 9 heteroatoms. The monoisotopic (exact) mass is 462 g/mol. The van der Waals surface area contributed by atoms with Crippen LogP contribution in [-0.2, 0) is 14.8 Å². The number of aryl methyl sites for hydroxylation is 1. The molecule has 1 unspecified atom stereocenters. The molecule has 32 heavy (non-hydrogen) atoms. The molecule has 0 spiro atoms. The number of nitrogens with zero attached hydrogens (tertiary/aromatic N) is 1. The largest absolute Gasteiger partial charge is 0.497 e. The summed E-state index contributed by atoms with van der Waals surface area (Å²) >= 11 is 0. The smallest absolute Gasteiger partial charge is 0.241 e. The van der Waals surface area contributed by atoms with Crippen molar-refractivity contribution in [2.24, 2.45) is 0 Å². The van der Waals surface area contributed by atoms with Gasteiger partial charge >= 0.3 is 0 Å². The van der Waals surface area contributed by atoms with Crippen LogP contribution < -0.4 is 23.8 Å². The molecule has 1 aliphatic heterocycles. The SMILES string of the molecule is COc1ccc(N(CC(=O)NC2CC(C)(C)Oc3cc(C)ccc32)S(C)(=O)=O)c(OC)c1. The molecule has 174 valence electrons. The van der Waals surface area contributed by atoms with Crippen molar-refractivity contribution in [3.05, 3.63) is 47.5 Å². The van der Waals surface area contributed by atoms with Gasteiger partial charge in [-0.25, -0.2) is 8.42 Å². The third-order valence-electron chi connectivity index (χ3n) is 5.30. The van der Waals surface area contributed by atoms with E-state index in [-0.39, 0.29) is 24.0 Å². The van der Waals surface area contributed by atoms with Gasteiger partial charge in [0.15, 0.2) is 0 Å². The van der Waals surface area contributed by atoms with Gasteiger partial charge in [-0.1, -0.05) is 12.1 Å². The molecule has 0 bridgehead atoms. The highest BCUT2D eigenvalue weighted by atomic mass is 32.2. The fourth-order valence-electron chi connectivity index (χ4n) is 3.83. The number of rotatable bonds is 7. The Kier molecular flexibility index (Phi) is 6.59. The lowest BCUT2D eigenvalue weighted by atomic mass is 9.89. The zero-order chi connectivity index (χ0) is 23.7. The van der Waals surface area contributed by atoms with E-state index in [0.29, 0.717) is 12.2 Å². The number of amides is 1. The van der Waals surface area contributed by atoms with Crippen LogP contribution in [-0.4, -0.2) is 46.9 Å². The summed E-state index contributed by atoms with van der Waals surface area (Å²) in [5.41, 5.74) is 1.71. The summed E-state index contributed by atoms with van der Waals surface area (Å²) in [5.74, 6) is 1.10. The van der Waals surface area contributed by atoms with E-state index >= 15 is 0 Å². The van der Waals surface area contributed by atoms with Gasteiger partial charge in [-0.15, -0.1) is 0 Å². The molecule has 0 aliphatic carbocycles. The second kappa shape index (κ2) is 8.90. The Labute approximate surface area is 189 Å². The Balaban J connectivity index is 1.88. The van der Waals surface area contributed by atoms with Gasteiger partial charge in [-0.2, -0.15) is 0 Å². The van der Waals surface area contributed by atoms with Crippen LogP contribution in [0.15, 0.2) is 36.4 Å². The standard InChI is InChI=1S/C23H30N2O6S/c1-15-7-9-17-18(13-23(2,3)31-20(17)11-15)24-22(26)14-25(32(6,27)28)19-10-8-16(29-4)12-21(19)30-5/h7-12,18H,13-14H2,1-6H3,(H,24,26). The molecule has 2 aromatic carbocycles. The molecule has 1 amide bonds. The van der Waals surface area contributed by atoms with E-state index in [4.69, 9.17) is 14.2 Å². The van der Waals surface area contributed by atoms with Crippen molar-refractivity contribution in [3.8, 4) is 17.2 Å². The molecule has 3 rings (SSSR count). The normalized spacial score (nSPS) is 17.0. The summed E-state index contributed by atoms with van der Waals surface area (Å²) in [6.07, 6.45) is 1.61. The zero-order valence-corrected chi connectivity index (χ0v) is 20.1. The summed E-state index contributed by atoms with van der Waals surface area (Å²) in [7, 11) is -0.831. The number of fused-ring (bicyclic) bond motifs is 1. The van der Waals surface area contributed by atoms with Crippen LogP contribution in [0.5, 0.6) is 17.2 Å². The predicted molar refractivity (Wildman–Crippen MR) is 123 cm³/mol. The van der Waals surface area contributed by atoms with Gasteiger partial charge in [-0.05, 0) is 44.5 Å². The third kappa shape index (κ3) is 5.27. The first-order chi connectivity index (χ1) is 14.9. The molecule has 0 fully saturated rings. The number of hydrogen-bond acceptors (Lipinski definition) is 6. The van der Waals surface area contributed by atoms with Crippen LogP contribution in [0, 0.1) is 6.92 Å². The van der Waals surface area contributed by atoms with E-state index in [1.807, 2.05) is 39.0 Å². The number of carbonyl (C=O) groups excluding carboxylic acids is 1. The third-order valence-corrected chi connectivity index (χ3v) is 6.43. The summed E-state index contributed by atoms with van der Waals surface area (Å²) in [4.78, 5) is 13.0. The molecule has 8 nitrogen and oxygen atoms in total. The van der Waals surface area contributed by atoms with Gasteiger partial charge in [0.25, 0.3) is 0 Å². The number of carbonyl (C=O) groups is 1. The van der Waals surface area contributed by atoms with Gasteiger partial charge < -0.3 is 19.5 Å². The van der Waals surface area contributed by atoms with Crippen LogP contribution in [0.3, 0.4) is 0 Å². The van der Waals surface area contributed by atoms with Gasteiger partial charge in [0.1, 0.15) is 29.4 Å². The maximum Gasteiger partial charge on any atom is 0.241 e. The van der Waals surface area contributed by atoms with Crippen LogP contribution in [0.25, 0.3) is 0 Å². The summed E-state index contributed by atoms with van der Waals surface area (Å²) in [5, 5.41) is 2.99. The van der Waals surface area contributed by atoms with Crippen molar-refractivity contribution < 1.29 is 27.4 Å². The Morgan fingerprint density at radius 3 is 2.53 bits per heavy atom. The minimum Gasteiger partial charge on any atom is -0.497 e. The number of benzene rings is 2. The number of sulfonamides is 1. The van der Waals surface area contributed by atoms with E-state index in [1.54, 1.807) is 18.2 Å². The first kappa shape index (κ1) is 23.7. The van der Waals surface area contributed by atoms with E-state index < -0.39 is 21.5 Å². The molecule has 1 aliphatic rings. The summed E-state index contributed by atoms with van der Waals surface area (Å²) < 4.78 is 42.8. The van der Waals surface area contributed by atoms with Gasteiger partial charge in [0.05, 0.1) is 32.2 Å². The number of hydrogen-bond donors (Lipinski definition) is 1. The maximum atomic E-state index is 13.0. The minimum absolute atomic E-state index is 0.259. The molecule has 0 radical (unpaired) electrons. The average Bonchev–Trinajstić information content (AvgIpc) is 2.69. The number of methoxy groups -OCH3 is 2. The Hall–Kier alpha value is -2.94. The molecular formula is C23H30N2O6S. The van der Waals surface area contributed by atoms with Gasteiger partial charge in [0, 0.05) is 18.1 Å². The van der Waals surface area contributed by atoms with Crippen LogP contribution in [0.4, 0.5) is 5.69 Å². The van der Waals surface area contributed by atoms with E-state index in [0.717, 1.165) is 27.4 Å². The average molecular weight is 463 g/mol. The molecule has 1 atom stereocenters. The maximum absolute atomic E-state index is 13.0. The molecular weight excluding hydrogens is 432 g/mol. The van der Waals surface area contributed by atoms with Crippen molar-refractivity contribution in [1.82, 2.24) is 5.32 Å². The van der Waals surface area contributed by atoms with Crippen molar-refractivity contribution in [2.45, 2.75) is 38.8 Å². The molecule has 0 aromatic heterocycles. The molecule has 2 aromatic rings. The van der Waals surface area contributed by atoms with E-state index in [9.17, 15) is 13.2 Å². The first-order valence-corrected chi connectivity index (χ1v) is 12.1. The molecule has 0 saturated carbocycles. The van der Waals surface area contributed by atoms with E-state index in [2.05, 4.69) is 5.32 Å². The Morgan fingerprint density at radius 2 is 1.91 bits per heavy atom. The first-order valence-electron chi connectivity index (χ1n) is 10.2.